The molecule has 2 aromatic rings. The number of rotatable bonds is 4. The first kappa shape index (κ1) is 16.0. The van der Waals surface area contributed by atoms with Gasteiger partial charge < -0.3 is 5.32 Å². The predicted molar refractivity (Wildman–Crippen MR) is 91.7 cm³/mol. The van der Waals surface area contributed by atoms with E-state index in [-0.39, 0.29) is 5.41 Å². The van der Waals surface area contributed by atoms with Gasteiger partial charge in [0.2, 0.25) is 0 Å². The summed E-state index contributed by atoms with van der Waals surface area (Å²) in [6.45, 7) is 8.52. The highest BCUT2D eigenvalue weighted by Crippen LogP contribution is 2.23. The number of anilines is 1. The van der Waals surface area contributed by atoms with E-state index in [2.05, 4.69) is 83.2 Å². The average Bonchev–Trinajstić information content (AvgIpc) is 2.37. The van der Waals surface area contributed by atoms with Crippen molar-refractivity contribution in [1.82, 2.24) is 9.97 Å². The molecule has 0 spiro atoms. The third-order valence-electron chi connectivity index (χ3n) is 3.14. The Kier molecular flexibility index (Phi) is 4.99. The fraction of sp³-hybridized carbons (Fsp3) is 0.412. The number of hydrogen-bond donors (Lipinski definition) is 1. The topological polar surface area (TPSA) is 37.8 Å². The number of nitrogens with one attached hydrogen (secondary N) is 1. The summed E-state index contributed by atoms with van der Waals surface area (Å²) in [5, 5.41) is 3.46. The van der Waals surface area contributed by atoms with E-state index in [1.165, 1.54) is 5.56 Å². The first-order chi connectivity index (χ1) is 9.84. The van der Waals surface area contributed by atoms with Gasteiger partial charge in [0.05, 0.1) is 0 Å². The van der Waals surface area contributed by atoms with Gasteiger partial charge in [-0.15, -0.1) is 0 Å². The van der Waals surface area contributed by atoms with Gasteiger partial charge in [-0.2, -0.15) is 0 Å². The zero-order chi connectivity index (χ0) is 15.5. The molecular weight excluding hydrogens is 326 g/mol. The molecule has 0 saturated carbocycles. The molecule has 0 aliphatic rings. The Morgan fingerprint density at radius 3 is 2.43 bits per heavy atom. The van der Waals surface area contributed by atoms with Crippen molar-refractivity contribution in [2.24, 2.45) is 0 Å². The van der Waals surface area contributed by atoms with E-state index >= 15 is 0 Å². The van der Waals surface area contributed by atoms with Crippen LogP contribution in [-0.4, -0.2) is 16.0 Å². The van der Waals surface area contributed by atoms with E-state index in [1.54, 1.807) is 0 Å². The van der Waals surface area contributed by atoms with E-state index < -0.39 is 0 Å². The van der Waals surface area contributed by atoms with E-state index in [0.29, 0.717) is 6.04 Å². The van der Waals surface area contributed by atoms with Crippen LogP contribution in [0.15, 0.2) is 41.0 Å². The summed E-state index contributed by atoms with van der Waals surface area (Å²) < 4.78 is 0.817. The fourth-order valence-corrected chi connectivity index (χ4v) is 2.48. The lowest BCUT2D eigenvalue weighted by Crippen LogP contribution is -2.22. The Hall–Kier alpha value is -1.42. The van der Waals surface area contributed by atoms with Crippen LogP contribution in [0.25, 0.3) is 0 Å². The van der Waals surface area contributed by atoms with Gasteiger partial charge in [0.15, 0.2) is 0 Å². The van der Waals surface area contributed by atoms with Gasteiger partial charge >= 0.3 is 0 Å². The molecule has 0 aliphatic heterocycles. The number of aromatic nitrogens is 2. The molecular formula is C17H22BrN3. The lowest BCUT2D eigenvalue weighted by Gasteiger charge is -2.20. The molecule has 3 nitrogen and oxygen atoms in total. The Bertz CT molecular complexity index is 591. The summed E-state index contributed by atoms with van der Waals surface area (Å²) in [6, 6.07) is 12.7. The molecule has 1 aromatic heterocycles. The highest BCUT2D eigenvalue weighted by molar-refractivity contribution is 9.10. The van der Waals surface area contributed by atoms with Crippen LogP contribution in [0.4, 0.5) is 5.82 Å². The summed E-state index contributed by atoms with van der Waals surface area (Å²) in [7, 11) is 0. The van der Waals surface area contributed by atoms with Crippen molar-refractivity contribution in [3.63, 3.8) is 0 Å². The SMILES string of the molecule is CC(Cc1ccccc1)Nc1cc(Br)nc(C(C)(C)C)n1. The third kappa shape index (κ3) is 4.81. The van der Waals surface area contributed by atoms with Crippen LogP contribution in [0.2, 0.25) is 0 Å². The second kappa shape index (κ2) is 6.56. The van der Waals surface area contributed by atoms with E-state index in [0.717, 1.165) is 22.7 Å². The molecule has 21 heavy (non-hydrogen) atoms. The first-order valence-corrected chi connectivity index (χ1v) is 7.99. The maximum absolute atomic E-state index is 4.63. The second-order valence-corrected chi connectivity index (χ2v) is 7.20. The maximum Gasteiger partial charge on any atom is 0.137 e. The molecule has 0 fully saturated rings. The molecule has 112 valence electrons. The Balaban J connectivity index is 2.10. The molecule has 0 aliphatic carbocycles. The second-order valence-electron chi connectivity index (χ2n) is 6.38. The van der Waals surface area contributed by atoms with Crippen molar-refractivity contribution in [3.05, 3.63) is 52.4 Å². The van der Waals surface area contributed by atoms with E-state index in [1.807, 2.05) is 12.1 Å². The molecule has 0 saturated heterocycles. The average molecular weight is 348 g/mol. The van der Waals surface area contributed by atoms with Crippen LogP contribution in [0.1, 0.15) is 39.1 Å². The number of nitrogens with zero attached hydrogens (tertiary/aromatic N) is 2. The minimum Gasteiger partial charge on any atom is -0.367 e. The zero-order valence-corrected chi connectivity index (χ0v) is 14.6. The number of halogens is 1. The minimum atomic E-state index is -0.0666. The Morgan fingerprint density at radius 1 is 1.14 bits per heavy atom. The summed E-state index contributed by atoms with van der Waals surface area (Å²) in [4.78, 5) is 9.10. The molecule has 1 N–H and O–H groups in total. The molecule has 2 rings (SSSR count). The summed E-state index contributed by atoms with van der Waals surface area (Å²) in [6.07, 6.45) is 0.966. The zero-order valence-electron chi connectivity index (χ0n) is 13.0. The summed E-state index contributed by atoms with van der Waals surface area (Å²) in [5.74, 6) is 1.71. The van der Waals surface area contributed by atoms with Crippen molar-refractivity contribution in [3.8, 4) is 0 Å². The van der Waals surface area contributed by atoms with Crippen LogP contribution in [0, 0.1) is 0 Å². The molecule has 0 amide bonds. The molecule has 0 radical (unpaired) electrons. The first-order valence-electron chi connectivity index (χ1n) is 7.20. The van der Waals surface area contributed by atoms with Gasteiger partial charge in [-0.3, -0.25) is 0 Å². The van der Waals surface area contributed by atoms with Crippen LogP contribution < -0.4 is 5.32 Å². The third-order valence-corrected chi connectivity index (χ3v) is 3.55. The van der Waals surface area contributed by atoms with E-state index in [4.69, 9.17) is 0 Å². The van der Waals surface area contributed by atoms with Crippen LogP contribution in [0.5, 0.6) is 0 Å². The van der Waals surface area contributed by atoms with Gasteiger partial charge in [0.25, 0.3) is 0 Å². The van der Waals surface area contributed by atoms with Crippen molar-refractivity contribution >= 4 is 21.7 Å². The monoisotopic (exact) mass is 347 g/mol. The minimum absolute atomic E-state index is 0.0666. The summed E-state index contributed by atoms with van der Waals surface area (Å²) >= 11 is 3.47. The Morgan fingerprint density at radius 2 is 1.81 bits per heavy atom. The Labute approximate surface area is 135 Å². The molecule has 1 unspecified atom stereocenters. The van der Waals surface area contributed by atoms with Gasteiger partial charge in [0, 0.05) is 17.5 Å². The summed E-state index contributed by atoms with van der Waals surface area (Å²) in [5.41, 5.74) is 1.25. The van der Waals surface area contributed by atoms with Crippen molar-refractivity contribution in [2.75, 3.05) is 5.32 Å². The van der Waals surface area contributed by atoms with Crippen molar-refractivity contribution in [2.45, 2.75) is 45.6 Å². The van der Waals surface area contributed by atoms with Crippen LogP contribution in [0.3, 0.4) is 0 Å². The van der Waals surface area contributed by atoms with Crippen molar-refractivity contribution < 1.29 is 0 Å². The quantitative estimate of drug-likeness (QED) is 0.822. The largest absolute Gasteiger partial charge is 0.367 e. The highest BCUT2D eigenvalue weighted by Gasteiger charge is 2.19. The lowest BCUT2D eigenvalue weighted by molar-refractivity contribution is 0.543. The normalized spacial score (nSPS) is 13.0. The van der Waals surface area contributed by atoms with Gasteiger partial charge in [0.1, 0.15) is 16.2 Å². The lowest BCUT2D eigenvalue weighted by atomic mass is 9.96. The van der Waals surface area contributed by atoms with Gasteiger partial charge in [-0.25, -0.2) is 9.97 Å². The number of benzene rings is 1. The molecule has 4 heteroatoms. The smallest absolute Gasteiger partial charge is 0.137 e. The highest BCUT2D eigenvalue weighted by atomic mass is 79.9. The van der Waals surface area contributed by atoms with Crippen LogP contribution in [-0.2, 0) is 11.8 Å². The van der Waals surface area contributed by atoms with E-state index in [9.17, 15) is 0 Å². The van der Waals surface area contributed by atoms with Crippen LogP contribution >= 0.6 is 15.9 Å². The van der Waals surface area contributed by atoms with Gasteiger partial charge in [-0.1, -0.05) is 51.1 Å². The molecule has 1 heterocycles. The number of hydrogen-bond acceptors (Lipinski definition) is 3. The van der Waals surface area contributed by atoms with Crippen molar-refractivity contribution in [1.29, 1.82) is 0 Å². The molecule has 0 bridgehead atoms. The molecule has 1 atom stereocenters. The fourth-order valence-electron chi connectivity index (χ4n) is 2.10. The standard InChI is InChI=1S/C17H22BrN3/c1-12(10-13-8-6-5-7-9-13)19-15-11-14(18)20-16(21-15)17(2,3)4/h5-9,11-12H,10H2,1-4H3,(H,19,20,21). The predicted octanol–water partition coefficient (Wildman–Crippen LogP) is 4.58. The van der Waals surface area contributed by atoms with Gasteiger partial charge in [-0.05, 0) is 34.8 Å². The molecule has 1 aromatic carbocycles. The maximum atomic E-state index is 4.63.